The molecule has 1 aliphatic rings. The van der Waals surface area contributed by atoms with Gasteiger partial charge in [0.25, 0.3) is 5.91 Å². The third-order valence-corrected chi connectivity index (χ3v) is 5.81. The molecule has 160 valence electrons. The number of benzene rings is 2. The summed E-state index contributed by atoms with van der Waals surface area (Å²) >= 11 is 0. The summed E-state index contributed by atoms with van der Waals surface area (Å²) in [6.45, 7) is 0.799. The lowest BCUT2D eigenvalue weighted by molar-refractivity contribution is -0.130. The molecule has 0 spiro atoms. The van der Waals surface area contributed by atoms with Gasteiger partial charge in [-0.2, -0.15) is 0 Å². The van der Waals surface area contributed by atoms with Crippen LogP contribution in [0.1, 0.15) is 22.5 Å². The van der Waals surface area contributed by atoms with Crippen molar-refractivity contribution in [2.75, 3.05) is 27.2 Å². The number of methoxy groups -OCH3 is 1. The Balaban J connectivity index is 1.55. The van der Waals surface area contributed by atoms with Crippen LogP contribution >= 0.6 is 0 Å². The minimum absolute atomic E-state index is 0.105. The summed E-state index contributed by atoms with van der Waals surface area (Å²) in [5, 5.41) is 6.93. The van der Waals surface area contributed by atoms with E-state index in [2.05, 4.69) is 10.5 Å². The van der Waals surface area contributed by atoms with Crippen LogP contribution in [-0.2, 0) is 11.2 Å². The SMILES string of the molecule is CNC(=O)[C@]1(Cc2cc(-c3ccccc3)no2)CCN(C(=O)c2cccc(OC)c2)C1. The first-order valence-corrected chi connectivity index (χ1v) is 10.2. The molecule has 7 nitrogen and oxygen atoms in total. The van der Waals surface area contributed by atoms with Gasteiger partial charge in [0, 0.05) is 43.8 Å². The molecule has 1 atom stereocenters. The maximum absolute atomic E-state index is 13.1. The fourth-order valence-electron chi connectivity index (χ4n) is 4.13. The number of nitrogens with zero attached hydrogens (tertiary/aromatic N) is 2. The predicted molar refractivity (Wildman–Crippen MR) is 116 cm³/mol. The number of hydrogen-bond acceptors (Lipinski definition) is 5. The van der Waals surface area contributed by atoms with Crippen molar-refractivity contribution in [2.45, 2.75) is 12.8 Å². The highest BCUT2D eigenvalue weighted by Gasteiger charge is 2.46. The van der Waals surface area contributed by atoms with Crippen LogP contribution in [-0.4, -0.2) is 49.1 Å². The van der Waals surface area contributed by atoms with E-state index in [0.717, 1.165) is 11.3 Å². The van der Waals surface area contributed by atoms with Crippen molar-refractivity contribution in [2.24, 2.45) is 5.41 Å². The lowest BCUT2D eigenvalue weighted by Crippen LogP contribution is -2.44. The second-order valence-corrected chi connectivity index (χ2v) is 7.79. The molecule has 0 unspecified atom stereocenters. The summed E-state index contributed by atoms with van der Waals surface area (Å²) in [6, 6.07) is 18.7. The van der Waals surface area contributed by atoms with Crippen LogP contribution in [0.15, 0.2) is 65.2 Å². The lowest BCUT2D eigenvalue weighted by atomic mass is 9.81. The molecule has 0 bridgehead atoms. The van der Waals surface area contributed by atoms with Gasteiger partial charge in [-0.25, -0.2) is 0 Å². The molecule has 1 aromatic heterocycles. The number of amides is 2. The lowest BCUT2D eigenvalue weighted by Gasteiger charge is -2.26. The van der Waals surface area contributed by atoms with E-state index in [-0.39, 0.29) is 11.8 Å². The summed E-state index contributed by atoms with van der Waals surface area (Å²) in [4.78, 5) is 27.7. The van der Waals surface area contributed by atoms with Crippen LogP contribution in [0.25, 0.3) is 11.3 Å². The van der Waals surface area contributed by atoms with Gasteiger partial charge in [-0.05, 0) is 24.6 Å². The molecule has 2 aromatic carbocycles. The summed E-state index contributed by atoms with van der Waals surface area (Å²) in [5.41, 5.74) is 1.45. The van der Waals surface area contributed by atoms with Gasteiger partial charge >= 0.3 is 0 Å². The first-order chi connectivity index (χ1) is 15.0. The van der Waals surface area contributed by atoms with Gasteiger partial charge in [0.1, 0.15) is 17.2 Å². The van der Waals surface area contributed by atoms with Gasteiger partial charge in [0.05, 0.1) is 12.5 Å². The summed E-state index contributed by atoms with van der Waals surface area (Å²) in [5.74, 6) is 1.02. The highest BCUT2D eigenvalue weighted by molar-refractivity contribution is 5.95. The van der Waals surface area contributed by atoms with E-state index in [1.54, 1.807) is 43.3 Å². The zero-order valence-corrected chi connectivity index (χ0v) is 17.6. The van der Waals surface area contributed by atoms with Crippen LogP contribution < -0.4 is 10.1 Å². The van der Waals surface area contributed by atoms with E-state index < -0.39 is 5.41 Å². The Morgan fingerprint density at radius 1 is 1.16 bits per heavy atom. The van der Waals surface area contributed by atoms with Gasteiger partial charge < -0.3 is 19.5 Å². The molecule has 0 aliphatic carbocycles. The molecule has 1 saturated heterocycles. The third kappa shape index (κ3) is 4.17. The van der Waals surface area contributed by atoms with E-state index in [1.165, 1.54) is 0 Å². The number of ether oxygens (including phenoxy) is 1. The molecule has 31 heavy (non-hydrogen) atoms. The maximum atomic E-state index is 13.1. The van der Waals surface area contributed by atoms with Crippen molar-refractivity contribution in [1.82, 2.24) is 15.4 Å². The Bertz CT molecular complexity index is 1080. The van der Waals surface area contributed by atoms with E-state index >= 15 is 0 Å². The number of likely N-dealkylation sites (tertiary alicyclic amines) is 1. The van der Waals surface area contributed by atoms with E-state index in [9.17, 15) is 9.59 Å². The van der Waals surface area contributed by atoms with Crippen LogP contribution in [0.4, 0.5) is 0 Å². The molecular formula is C24H25N3O4. The van der Waals surface area contributed by atoms with Crippen LogP contribution in [0, 0.1) is 5.41 Å². The number of rotatable bonds is 6. The van der Waals surface area contributed by atoms with Gasteiger partial charge in [-0.3, -0.25) is 9.59 Å². The van der Waals surface area contributed by atoms with Crippen molar-refractivity contribution >= 4 is 11.8 Å². The van der Waals surface area contributed by atoms with Gasteiger partial charge in [0.2, 0.25) is 5.91 Å². The van der Waals surface area contributed by atoms with Crippen molar-refractivity contribution in [1.29, 1.82) is 0 Å². The zero-order chi connectivity index (χ0) is 21.8. The monoisotopic (exact) mass is 419 g/mol. The largest absolute Gasteiger partial charge is 0.497 e. The molecular weight excluding hydrogens is 394 g/mol. The molecule has 3 aromatic rings. The molecule has 4 rings (SSSR count). The topological polar surface area (TPSA) is 84.7 Å². The summed E-state index contributed by atoms with van der Waals surface area (Å²) in [6.07, 6.45) is 0.915. The second kappa shape index (κ2) is 8.63. The van der Waals surface area contributed by atoms with Crippen molar-refractivity contribution in [3.8, 4) is 17.0 Å². The molecule has 0 radical (unpaired) electrons. The summed E-state index contributed by atoms with van der Waals surface area (Å²) < 4.78 is 10.8. The van der Waals surface area contributed by atoms with E-state index in [4.69, 9.17) is 9.26 Å². The number of nitrogens with one attached hydrogen (secondary N) is 1. The Kier molecular flexibility index (Phi) is 5.75. The maximum Gasteiger partial charge on any atom is 0.254 e. The van der Waals surface area contributed by atoms with E-state index in [0.29, 0.717) is 43.0 Å². The van der Waals surface area contributed by atoms with Crippen LogP contribution in [0.3, 0.4) is 0 Å². The fraction of sp³-hybridized carbons (Fsp3) is 0.292. The minimum atomic E-state index is -0.767. The molecule has 1 fully saturated rings. The normalized spacial score (nSPS) is 18.1. The number of aromatic nitrogens is 1. The van der Waals surface area contributed by atoms with Crippen LogP contribution in [0.5, 0.6) is 5.75 Å². The molecule has 0 saturated carbocycles. The minimum Gasteiger partial charge on any atom is -0.497 e. The number of carbonyl (C=O) groups is 2. The highest BCUT2D eigenvalue weighted by Crippen LogP contribution is 2.36. The highest BCUT2D eigenvalue weighted by atomic mass is 16.5. The molecule has 2 heterocycles. The molecule has 1 aliphatic heterocycles. The first-order valence-electron chi connectivity index (χ1n) is 10.2. The average molecular weight is 419 g/mol. The Labute approximate surface area is 181 Å². The fourth-order valence-corrected chi connectivity index (χ4v) is 4.13. The van der Waals surface area contributed by atoms with Crippen LogP contribution in [0.2, 0.25) is 0 Å². The zero-order valence-electron chi connectivity index (χ0n) is 17.6. The summed E-state index contributed by atoms with van der Waals surface area (Å²) in [7, 11) is 3.18. The first kappa shape index (κ1) is 20.7. The Morgan fingerprint density at radius 3 is 2.71 bits per heavy atom. The van der Waals surface area contributed by atoms with E-state index in [1.807, 2.05) is 36.4 Å². The third-order valence-electron chi connectivity index (χ3n) is 5.81. The van der Waals surface area contributed by atoms with Crippen molar-refractivity contribution in [3.05, 3.63) is 72.0 Å². The molecule has 7 heteroatoms. The Hall–Kier alpha value is -3.61. The molecule has 1 N–H and O–H groups in total. The van der Waals surface area contributed by atoms with Crippen molar-refractivity contribution in [3.63, 3.8) is 0 Å². The Morgan fingerprint density at radius 2 is 1.97 bits per heavy atom. The number of hydrogen-bond donors (Lipinski definition) is 1. The van der Waals surface area contributed by atoms with Gasteiger partial charge in [0.15, 0.2) is 0 Å². The van der Waals surface area contributed by atoms with Gasteiger partial charge in [-0.1, -0.05) is 41.6 Å². The quantitative estimate of drug-likeness (QED) is 0.663. The molecule has 2 amide bonds. The smallest absolute Gasteiger partial charge is 0.254 e. The standard InChI is InChI=1S/C24H25N3O4/c1-25-23(29)24(15-20-14-21(26-31-20)17-7-4-3-5-8-17)11-12-27(16-24)22(28)18-9-6-10-19(13-18)30-2/h3-10,13-14H,11-12,15-16H2,1-2H3,(H,25,29)/t24-/m0/s1. The van der Waals surface area contributed by atoms with Gasteiger partial charge in [-0.15, -0.1) is 0 Å². The predicted octanol–water partition coefficient (Wildman–Crippen LogP) is 3.17. The number of carbonyl (C=O) groups excluding carboxylic acids is 2. The van der Waals surface area contributed by atoms with Crippen molar-refractivity contribution < 1.29 is 18.8 Å². The average Bonchev–Trinajstić information content (AvgIpc) is 3.47. The second-order valence-electron chi connectivity index (χ2n) is 7.79.